The number of fused-ring (bicyclic) bond motifs is 2. The third-order valence-corrected chi connectivity index (χ3v) is 5.38. The minimum Gasteiger partial charge on any atom is -0.463 e. The summed E-state index contributed by atoms with van der Waals surface area (Å²) in [5.41, 5.74) is 2.87. The normalized spacial score (nSPS) is 12.3. The highest BCUT2D eigenvalue weighted by molar-refractivity contribution is 6.07. The monoisotopic (exact) mass is 430 g/mol. The molecule has 2 aromatic carbocycles. The number of methoxy groups -OCH3 is 1. The van der Waals surface area contributed by atoms with Gasteiger partial charge in [-0.3, -0.25) is 4.79 Å². The van der Waals surface area contributed by atoms with Gasteiger partial charge in [-0.15, -0.1) is 0 Å². The van der Waals surface area contributed by atoms with Crippen molar-refractivity contribution < 1.29 is 23.4 Å². The Morgan fingerprint density at radius 1 is 1.06 bits per heavy atom. The lowest BCUT2D eigenvalue weighted by Crippen LogP contribution is -2.33. The number of amides is 1. The highest BCUT2D eigenvalue weighted by Gasteiger charge is 2.22. The fraction of sp³-hybridized carbons (Fsp3) is 0.200. The summed E-state index contributed by atoms with van der Waals surface area (Å²) < 4.78 is 21.7. The molecule has 0 saturated heterocycles. The molecule has 7 nitrogen and oxygen atoms in total. The van der Waals surface area contributed by atoms with Crippen LogP contribution in [0.3, 0.4) is 0 Å². The first-order valence-corrected chi connectivity index (χ1v) is 10.3. The quantitative estimate of drug-likeness (QED) is 0.429. The molecule has 0 unspecified atom stereocenters. The summed E-state index contributed by atoms with van der Waals surface area (Å²) in [6.07, 6.45) is 1.60. The highest BCUT2D eigenvalue weighted by Crippen LogP contribution is 2.33. The van der Waals surface area contributed by atoms with E-state index in [9.17, 15) is 4.79 Å². The van der Waals surface area contributed by atoms with Gasteiger partial charge in [0, 0.05) is 25.6 Å². The SMILES string of the molecule is COCCN(Cc1ccc2c(c1)OCO2)C(=O)c1cc(-c2ccco2)nc2ccccc12. The van der Waals surface area contributed by atoms with Crippen molar-refractivity contribution in [3.05, 3.63) is 78.1 Å². The summed E-state index contributed by atoms with van der Waals surface area (Å²) >= 11 is 0. The molecule has 5 rings (SSSR count). The Labute approximate surface area is 185 Å². The Kier molecular flexibility index (Phi) is 5.47. The average Bonchev–Trinajstić information content (AvgIpc) is 3.52. The molecule has 162 valence electrons. The van der Waals surface area contributed by atoms with Crippen LogP contribution < -0.4 is 9.47 Å². The van der Waals surface area contributed by atoms with Crippen LogP contribution in [0, 0.1) is 0 Å². The van der Waals surface area contributed by atoms with Gasteiger partial charge in [0.2, 0.25) is 6.79 Å². The molecule has 2 aromatic heterocycles. The van der Waals surface area contributed by atoms with Gasteiger partial charge in [0.05, 0.1) is 24.0 Å². The lowest BCUT2D eigenvalue weighted by molar-refractivity contribution is 0.0682. The summed E-state index contributed by atoms with van der Waals surface area (Å²) in [5.74, 6) is 1.91. The van der Waals surface area contributed by atoms with Crippen LogP contribution in [0.25, 0.3) is 22.4 Å². The van der Waals surface area contributed by atoms with Crippen molar-refractivity contribution in [1.29, 1.82) is 0 Å². The topological polar surface area (TPSA) is 74.0 Å². The van der Waals surface area contributed by atoms with E-state index in [1.807, 2.05) is 48.5 Å². The van der Waals surface area contributed by atoms with E-state index < -0.39 is 0 Å². The highest BCUT2D eigenvalue weighted by atomic mass is 16.7. The molecule has 0 fully saturated rings. The average molecular weight is 430 g/mol. The fourth-order valence-corrected chi connectivity index (χ4v) is 3.79. The number of rotatable bonds is 7. The fourth-order valence-electron chi connectivity index (χ4n) is 3.79. The third kappa shape index (κ3) is 3.90. The molecule has 0 aliphatic carbocycles. The molecule has 0 bridgehead atoms. The van der Waals surface area contributed by atoms with E-state index >= 15 is 0 Å². The molecule has 4 aromatic rings. The number of pyridine rings is 1. The molecule has 0 radical (unpaired) electrons. The summed E-state index contributed by atoms with van der Waals surface area (Å²) in [4.78, 5) is 20.2. The lowest BCUT2D eigenvalue weighted by atomic mass is 10.0. The molecule has 0 saturated carbocycles. The second-order valence-electron chi connectivity index (χ2n) is 7.46. The molecule has 1 amide bonds. The molecule has 1 aliphatic rings. The van der Waals surface area contributed by atoms with Crippen molar-refractivity contribution in [3.63, 3.8) is 0 Å². The predicted molar refractivity (Wildman–Crippen MR) is 119 cm³/mol. The first-order valence-electron chi connectivity index (χ1n) is 10.3. The van der Waals surface area contributed by atoms with E-state index in [1.165, 1.54) is 0 Å². The van der Waals surface area contributed by atoms with Gasteiger partial charge in [-0.1, -0.05) is 24.3 Å². The van der Waals surface area contributed by atoms with E-state index in [4.69, 9.17) is 18.6 Å². The van der Waals surface area contributed by atoms with Crippen LogP contribution in [-0.4, -0.2) is 42.8 Å². The summed E-state index contributed by atoms with van der Waals surface area (Å²) in [6.45, 7) is 1.48. The zero-order chi connectivity index (χ0) is 21.9. The van der Waals surface area contributed by atoms with Gasteiger partial charge in [0.1, 0.15) is 5.69 Å². The minimum atomic E-state index is -0.105. The van der Waals surface area contributed by atoms with Gasteiger partial charge in [-0.2, -0.15) is 0 Å². The zero-order valence-corrected chi connectivity index (χ0v) is 17.6. The Hall–Kier alpha value is -3.84. The van der Waals surface area contributed by atoms with Crippen LogP contribution in [0.1, 0.15) is 15.9 Å². The van der Waals surface area contributed by atoms with Crippen LogP contribution in [0.15, 0.2) is 71.3 Å². The molecular weight excluding hydrogens is 408 g/mol. The van der Waals surface area contributed by atoms with Crippen molar-refractivity contribution in [3.8, 4) is 23.0 Å². The molecular formula is C25H22N2O5. The molecule has 0 spiro atoms. The number of aromatic nitrogens is 1. The van der Waals surface area contributed by atoms with Gasteiger partial charge in [0.25, 0.3) is 5.91 Å². The largest absolute Gasteiger partial charge is 0.463 e. The number of carbonyl (C=O) groups excluding carboxylic acids is 1. The van der Waals surface area contributed by atoms with Crippen LogP contribution in [-0.2, 0) is 11.3 Å². The standard InChI is InChI=1S/C25H22N2O5/c1-29-12-10-27(15-17-8-9-23-24(13-17)32-16-31-23)25(28)19-14-21(22-7-4-11-30-22)26-20-6-3-2-5-18(19)20/h2-9,11,13-14H,10,12,15-16H2,1H3. The maximum atomic E-state index is 13.8. The Balaban J connectivity index is 1.53. The van der Waals surface area contributed by atoms with Crippen LogP contribution in [0.4, 0.5) is 0 Å². The number of furan rings is 1. The minimum absolute atomic E-state index is 0.105. The number of para-hydroxylation sites is 1. The summed E-state index contributed by atoms with van der Waals surface area (Å²) in [6, 6.07) is 18.8. The first kappa shape index (κ1) is 20.1. The molecule has 7 heteroatoms. The third-order valence-electron chi connectivity index (χ3n) is 5.38. The van der Waals surface area contributed by atoms with Crippen LogP contribution in [0.2, 0.25) is 0 Å². The number of hydrogen-bond acceptors (Lipinski definition) is 6. The number of carbonyl (C=O) groups is 1. The van der Waals surface area contributed by atoms with Crippen LogP contribution in [0.5, 0.6) is 11.5 Å². The number of ether oxygens (including phenoxy) is 3. The van der Waals surface area contributed by atoms with E-state index in [0.29, 0.717) is 48.2 Å². The zero-order valence-electron chi connectivity index (χ0n) is 17.6. The Bertz CT molecular complexity index is 1250. The summed E-state index contributed by atoms with van der Waals surface area (Å²) in [7, 11) is 1.63. The maximum Gasteiger partial charge on any atom is 0.255 e. The summed E-state index contributed by atoms with van der Waals surface area (Å²) in [5, 5.41) is 0.793. The van der Waals surface area contributed by atoms with Gasteiger partial charge >= 0.3 is 0 Å². The van der Waals surface area contributed by atoms with Crippen molar-refractivity contribution in [1.82, 2.24) is 9.88 Å². The van der Waals surface area contributed by atoms with E-state index in [-0.39, 0.29) is 12.7 Å². The van der Waals surface area contributed by atoms with Crippen molar-refractivity contribution in [2.24, 2.45) is 0 Å². The smallest absolute Gasteiger partial charge is 0.255 e. The predicted octanol–water partition coefficient (Wildman–Crippen LogP) is 4.51. The second kappa shape index (κ2) is 8.72. The lowest BCUT2D eigenvalue weighted by Gasteiger charge is -2.23. The van der Waals surface area contributed by atoms with E-state index in [1.54, 1.807) is 30.4 Å². The van der Waals surface area contributed by atoms with Gasteiger partial charge < -0.3 is 23.5 Å². The van der Waals surface area contributed by atoms with Gasteiger partial charge in [-0.05, 0) is 42.0 Å². The number of hydrogen-bond donors (Lipinski definition) is 0. The second-order valence-corrected chi connectivity index (χ2v) is 7.46. The van der Waals surface area contributed by atoms with Gasteiger partial charge in [-0.25, -0.2) is 4.98 Å². The Morgan fingerprint density at radius 2 is 1.94 bits per heavy atom. The molecule has 0 N–H and O–H groups in total. The molecule has 0 atom stereocenters. The van der Waals surface area contributed by atoms with Crippen molar-refractivity contribution in [2.45, 2.75) is 6.54 Å². The number of benzene rings is 2. The molecule has 32 heavy (non-hydrogen) atoms. The van der Waals surface area contributed by atoms with Crippen LogP contribution >= 0.6 is 0 Å². The van der Waals surface area contributed by atoms with E-state index in [0.717, 1.165) is 16.5 Å². The van der Waals surface area contributed by atoms with Gasteiger partial charge in [0.15, 0.2) is 17.3 Å². The van der Waals surface area contributed by atoms with E-state index in [2.05, 4.69) is 4.98 Å². The first-order chi connectivity index (χ1) is 15.7. The Morgan fingerprint density at radius 3 is 2.78 bits per heavy atom. The molecule has 1 aliphatic heterocycles. The number of nitrogens with zero attached hydrogens (tertiary/aromatic N) is 2. The maximum absolute atomic E-state index is 13.8. The van der Waals surface area contributed by atoms with Crippen molar-refractivity contribution in [2.75, 3.05) is 27.1 Å². The van der Waals surface area contributed by atoms with Crippen molar-refractivity contribution >= 4 is 16.8 Å². The molecule has 3 heterocycles.